The van der Waals surface area contributed by atoms with Crippen LogP contribution in [0.5, 0.6) is 0 Å². The Hall–Kier alpha value is -1.60. The summed E-state index contributed by atoms with van der Waals surface area (Å²) in [5.74, 6) is -2.10. The Morgan fingerprint density at radius 1 is 1.45 bits per heavy atom. The number of primary amides is 1. The van der Waals surface area contributed by atoms with Crippen LogP contribution < -0.4 is 10.6 Å². The van der Waals surface area contributed by atoms with E-state index < -0.39 is 17.8 Å². The molecule has 0 aromatic heterocycles. The number of aliphatic carboxylic acids is 1. The van der Waals surface area contributed by atoms with Crippen LogP contribution in [0.4, 0.5) is 5.69 Å². The topological polar surface area (TPSA) is 92.9 Å². The van der Waals surface area contributed by atoms with Gasteiger partial charge in [-0.15, -0.1) is 0 Å². The quantitative estimate of drug-likeness (QED) is 0.854. The molecule has 1 aromatic carbocycles. The molecule has 2 atom stereocenters. The molecule has 3 N–H and O–H groups in total. The minimum atomic E-state index is -0.907. The Labute approximate surface area is 124 Å². The molecule has 1 fully saturated rings. The number of carbonyl (C=O) groups is 2. The summed E-state index contributed by atoms with van der Waals surface area (Å²) in [6.07, 6.45) is 0. The number of ether oxygens (including phenoxy) is 1. The van der Waals surface area contributed by atoms with E-state index in [4.69, 9.17) is 10.5 Å². The number of carboxylic acids is 1. The molecule has 108 valence electrons. The number of nitrogens with zero attached hydrogens (tertiary/aromatic N) is 1. The van der Waals surface area contributed by atoms with Gasteiger partial charge in [-0.25, -0.2) is 0 Å². The lowest BCUT2D eigenvalue weighted by atomic mass is 10.0. The number of likely N-dealkylation sites (N-methyl/N-ethyl adjacent to an activating group) is 1. The van der Waals surface area contributed by atoms with Crippen LogP contribution in [0, 0.1) is 5.92 Å². The van der Waals surface area contributed by atoms with Crippen LogP contribution >= 0.6 is 15.9 Å². The molecule has 1 aromatic rings. The number of hydrogen-bond acceptors (Lipinski definition) is 4. The number of halogens is 1. The molecule has 0 aliphatic carbocycles. The van der Waals surface area contributed by atoms with Gasteiger partial charge >= 0.3 is 5.97 Å². The van der Waals surface area contributed by atoms with Gasteiger partial charge in [0.05, 0.1) is 30.5 Å². The van der Waals surface area contributed by atoms with Gasteiger partial charge in [0.15, 0.2) is 0 Å². The van der Waals surface area contributed by atoms with Gasteiger partial charge in [-0.1, -0.05) is 6.07 Å². The van der Waals surface area contributed by atoms with Crippen LogP contribution in [-0.2, 0) is 9.53 Å². The molecule has 7 heteroatoms. The average molecular weight is 343 g/mol. The van der Waals surface area contributed by atoms with E-state index in [0.717, 1.165) is 0 Å². The average Bonchev–Trinajstić information content (AvgIpc) is 2.86. The van der Waals surface area contributed by atoms with Gasteiger partial charge < -0.3 is 20.5 Å². The summed E-state index contributed by atoms with van der Waals surface area (Å²) < 4.78 is 5.84. The number of carbonyl (C=O) groups excluding carboxylic acids is 1. The number of benzene rings is 1. The molecule has 20 heavy (non-hydrogen) atoms. The van der Waals surface area contributed by atoms with Gasteiger partial charge in [-0.2, -0.15) is 0 Å². The Morgan fingerprint density at radius 3 is 2.75 bits per heavy atom. The smallest absolute Gasteiger partial charge is 0.311 e. The van der Waals surface area contributed by atoms with Gasteiger partial charge in [0.2, 0.25) is 0 Å². The van der Waals surface area contributed by atoms with E-state index in [1.165, 1.54) is 0 Å². The van der Waals surface area contributed by atoms with E-state index in [0.29, 0.717) is 22.3 Å². The molecule has 2 unspecified atom stereocenters. The van der Waals surface area contributed by atoms with Gasteiger partial charge in [0.25, 0.3) is 5.91 Å². The summed E-state index contributed by atoms with van der Waals surface area (Å²) in [7, 11) is 1.74. The highest BCUT2D eigenvalue weighted by Gasteiger charge is 2.37. The van der Waals surface area contributed by atoms with Crippen molar-refractivity contribution in [1.29, 1.82) is 0 Å². The highest BCUT2D eigenvalue weighted by Crippen LogP contribution is 2.31. The van der Waals surface area contributed by atoms with Crippen LogP contribution in [0.3, 0.4) is 0 Å². The maximum Gasteiger partial charge on any atom is 0.311 e. The molecule has 0 spiro atoms. The van der Waals surface area contributed by atoms with Crippen molar-refractivity contribution < 1.29 is 19.4 Å². The van der Waals surface area contributed by atoms with Crippen LogP contribution in [-0.4, -0.2) is 43.3 Å². The van der Waals surface area contributed by atoms with Crippen LogP contribution in [0.15, 0.2) is 22.7 Å². The third kappa shape index (κ3) is 2.64. The predicted octanol–water partition coefficient (Wildman–Crippen LogP) is 1.08. The maximum atomic E-state index is 11.6. The summed E-state index contributed by atoms with van der Waals surface area (Å²) in [6, 6.07) is 4.90. The number of hydrogen-bond donors (Lipinski definition) is 2. The molecule has 1 aliphatic rings. The van der Waals surface area contributed by atoms with Crippen molar-refractivity contribution in [2.75, 3.05) is 25.2 Å². The second kappa shape index (κ2) is 5.80. The molecule has 1 aliphatic heterocycles. The lowest BCUT2D eigenvalue weighted by Crippen LogP contribution is -2.41. The third-order valence-corrected chi connectivity index (χ3v) is 4.14. The summed E-state index contributed by atoms with van der Waals surface area (Å²) in [5, 5.41) is 9.20. The van der Waals surface area contributed by atoms with E-state index in [-0.39, 0.29) is 12.6 Å². The van der Waals surface area contributed by atoms with E-state index in [9.17, 15) is 14.7 Å². The predicted molar refractivity (Wildman–Crippen MR) is 76.8 cm³/mol. The van der Waals surface area contributed by atoms with Crippen molar-refractivity contribution in [1.82, 2.24) is 0 Å². The standard InChI is InChI=1S/C13H15BrN2O4/c1-16(10-6-20-5-7(10)13(18)19)9-4-2-3-8(14)11(9)12(15)17/h2-4,7,10H,5-6H2,1H3,(H2,15,17)(H,18,19). The molecule has 1 saturated heterocycles. The molecule has 6 nitrogen and oxygen atoms in total. The first-order valence-corrected chi connectivity index (χ1v) is 6.84. The Balaban J connectivity index is 2.39. The van der Waals surface area contributed by atoms with Gasteiger partial charge in [0, 0.05) is 11.5 Å². The van der Waals surface area contributed by atoms with E-state index >= 15 is 0 Å². The summed E-state index contributed by atoms with van der Waals surface area (Å²) >= 11 is 3.29. The fourth-order valence-electron chi connectivity index (χ4n) is 2.39. The third-order valence-electron chi connectivity index (χ3n) is 3.48. The van der Waals surface area contributed by atoms with Crippen LogP contribution in [0.25, 0.3) is 0 Å². The largest absolute Gasteiger partial charge is 0.481 e. The van der Waals surface area contributed by atoms with Crippen molar-refractivity contribution in [2.24, 2.45) is 11.7 Å². The van der Waals surface area contributed by atoms with Gasteiger partial charge in [-0.05, 0) is 28.1 Å². The van der Waals surface area contributed by atoms with E-state index in [2.05, 4.69) is 15.9 Å². The monoisotopic (exact) mass is 342 g/mol. The van der Waals surface area contributed by atoms with Crippen molar-refractivity contribution in [3.05, 3.63) is 28.2 Å². The summed E-state index contributed by atoms with van der Waals surface area (Å²) in [4.78, 5) is 24.6. The SMILES string of the molecule is CN(c1cccc(Br)c1C(N)=O)C1COCC1C(=O)O. The molecule has 0 radical (unpaired) electrons. The lowest BCUT2D eigenvalue weighted by molar-refractivity contribution is -0.141. The first-order valence-electron chi connectivity index (χ1n) is 6.05. The lowest BCUT2D eigenvalue weighted by Gasteiger charge is -2.30. The second-order valence-electron chi connectivity index (χ2n) is 4.66. The fourth-order valence-corrected chi connectivity index (χ4v) is 2.94. The molecule has 1 amide bonds. The first kappa shape index (κ1) is 14.8. The maximum absolute atomic E-state index is 11.6. The molecule has 1 heterocycles. The van der Waals surface area contributed by atoms with Gasteiger partial charge in [-0.3, -0.25) is 9.59 Å². The minimum Gasteiger partial charge on any atom is -0.481 e. The molecular formula is C13H15BrN2O4. The number of amides is 1. The van der Waals surface area contributed by atoms with Crippen LogP contribution in [0.2, 0.25) is 0 Å². The Bertz CT molecular complexity index is 549. The fraction of sp³-hybridized carbons (Fsp3) is 0.385. The zero-order chi connectivity index (χ0) is 14.9. The molecule has 0 bridgehead atoms. The second-order valence-corrected chi connectivity index (χ2v) is 5.51. The Morgan fingerprint density at radius 2 is 2.15 bits per heavy atom. The summed E-state index contributed by atoms with van der Waals surface area (Å²) in [5.41, 5.74) is 6.33. The highest BCUT2D eigenvalue weighted by atomic mass is 79.9. The number of anilines is 1. The van der Waals surface area contributed by atoms with Crippen molar-refractivity contribution in [3.8, 4) is 0 Å². The zero-order valence-electron chi connectivity index (χ0n) is 10.9. The minimum absolute atomic E-state index is 0.171. The Kier molecular flexibility index (Phi) is 4.29. The van der Waals surface area contributed by atoms with Crippen molar-refractivity contribution >= 4 is 33.5 Å². The molecule has 0 saturated carbocycles. The number of nitrogens with two attached hydrogens (primary N) is 1. The van der Waals surface area contributed by atoms with E-state index in [1.807, 2.05) is 0 Å². The van der Waals surface area contributed by atoms with Crippen LogP contribution in [0.1, 0.15) is 10.4 Å². The molecular weight excluding hydrogens is 328 g/mol. The van der Waals surface area contributed by atoms with E-state index in [1.54, 1.807) is 30.1 Å². The van der Waals surface area contributed by atoms with Crippen molar-refractivity contribution in [2.45, 2.75) is 6.04 Å². The summed E-state index contributed by atoms with van der Waals surface area (Å²) in [6.45, 7) is 0.475. The highest BCUT2D eigenvalue weighted by molar-refractivity contribution is 9.10. The number of rotatable bonds is 4. The number of carboxylic acid groups (broad SMARTS) is 1. The van der Waals surface area contributed by atoms with Crippen molar-refractivity contribution in [3.63, 3.8) is 0 Å². The normalized spacial score (nSPS) is 21.7. The first-order chi connectivity index (χ1) is 9.43. The van der Waals surface area contributed by atoms with Gasteiger partial charge in [0.1, 0.15) is 5.92 Å². The molecule has 2 rings (SSSR count). The zero-order valence-corrected chi connectivity index (χ0v) is 12.5.